The van der Waals surface area contributed by atoms with Crippen LogP contribution in [-0.2, 0) is 13.6 Å². The zero-order chi connectivity index (χ0) is 13.4. The maximum Gasteiger partial charge on any atom is 0.329 e. The summed E-state index contributed by atoms with van der Waals surface area (Å²) in [5.74, 6) is 0. The quantitative estimate of drug-likeness (QED) is 0.646. The lowest BCUT2D eigenvalue weighted by Gasteiger charge is -2.09. The summed E-state index contributed by atoms with van der Waals surface area (Å²) in [6, 6.07) is 0. The summed E-state index contributed by atoms with van der Waals surface area (Å²) in [6.07, 6.45) is 0.926. The van der Waals surface area contributed by atoms with Crippen molar-refractivity contribution in [2.75, 3.05) is 0 Å². The molecular weight excluding hydrogens is 368 g/mol. The predicted molar refractivity (Wildman–Crippen MR) is 76.3 cm³/mol. The normalized spacial score (nSPS) is 13.1. The van der Waals surface area contributed by atoms with E-state index in [1.807, 2.05) is 6.92 Å². The fraction of sp³-hybridized carbons (Fsp3) is 0.500. The Bertz CT molecular complexity index is 700. The summed E-state index contributed by atoms with van der Waals surface area (Å²) in [7, 11) is 1.58. The van der Waals surface area contributed by atoms with E-state index < -0.39 is 11.2 Å². The molecule has 0 aliphatic heterocycles. The van der Waals surface area contributed by atoms with Crippen LogP contribution in [-0.4, -0.2) is 23.9 Å². The first-order valence-electron chi connectivity index (χ1n) is 5.44. The Morgan fingerprint density at radius 2 is 2.11 bits per heavy atom. The smallest absolute Gasteiger partial charge is 0.312 e. The summed E-state index contributed by atoms with van der Waals surface area (Å²) >= 11 is 6.85. The van der Waals surface area contributed by atoms with Gasteiger partial charge in [0.15, 0.2) is 15.9 Å². The highest BCUT2D eigenvalue weighted by Gasteiger charge is 2.17. The second-order valence-corrected chi connectivity index (χ2v) is 5.99. The van der Waals surface area contributed by atoms with Gasteiger partial charge in [0, 0.05) is 18.4 Å². The van der Waals surface area contributed by atoms with Crippen LogP contribution in [0.3, 0.4) is 0 Å². The van der Waals surface area contributed by atoms with Crippen molar-refractivity contribution >= 4 is 43.0 Å². The molecule has 0 unspecified atom stereocenters. The molecule has 0 aromatic carbocycles. The number of aromatic amines is 1. The Labute approximate surface area is 119 Å². The van der Waals surface area contributed by atoms with E-state index in [1.54, 1.807) is 11.6 Å². The van der Waals surface area contributed by atoms with Gasteiger partial charge >= 0.3 is 5.69 Å². The number of fused-ring (bicyclic) bond motifs is 1. The second-order valence-electron chi connectivity index (χ2n) is 3.99. The van der Waals surface area contributed by atoms with E-state index in [0.717, 1.165) is 6.42 Å². The predicted octanol–water partition coefficient (Wildman–Crippen LogP) is 1.36. The number of nitrogens with one attached hydrogen (secondary N) is 1. The molecule has 0 saturated carbocycles. The summed E-state index contributed by atoms with van der Waals surface area (Å²) in [5.41, 5.74) is -0.0917. The van der Waals surface area contributed by atoms with Crippen LogP contribution in [0.2, 0.25) is 0 Å². The minimum absolute atomic E-state index is 0.239. The van der Waals surface area contributed by atoms with Crippen LogP contribution >= 0.6 is 31.9 Å². The first-order chi connectivity index (χ1) is 8.45. The Kier molecular flexibility index (Phi) is 3.76. The third-order valence-electron chi connectivity index (χ3n) is 2.78. The molecular formula is C10H12Br2N4O2. The average Bonchev–Trinajstić information content (AvgIpc) is 2.64. The van der Waals surface area contributed by atoms with Crippen molar-refractivity contribution in [1.29, 1.82) is 0 Å². The Morgan fingerprint density at radius 3 is 2.72 bits per heavy atom. The zero-order valence-electron chi connectivity index (χ0n) is 9.91. The van der Waals surface area contributed by atoms with Crippen molar-refractivity contribution in [3.8, 4) is 0 Å². The van der Waals surface area contributed by atoms with Crippen LogP contribution in [0, 0.1) is 0 Å². The van der Waals surface area contributed by atoms with Gasteiger partial charge in [0.1, 0.15) is 0 Å². The van der Waals surface area contributed by atoms with Crippen LogP contribution in [0.4, 0.5) is 0 Å². The first kappa shape index (κ1) is 13.5. The lowest BCUT2D eigenvalue weighted by molar-refractivity contribution is 0.655. The average molecular weight is 380 g/mol. The first-order valence-corrected chi connectivity index (χ1v) is 7.15. The van der Waals surface area contributed by atoms with Crippen LogP contribution in [0.5, 0.6) is 0 Å². The highest BCUT2D eigenvalue weighted by atomic mass is 79.9. The van der Waals surface area contributed by atoms with Crippen LogP contribution in [0.25, 0.3) is 11.2 Å². The molecule has 2 aromatic rings. The van der Waals surface area contributed by atoms with Crippen LogP contribution < -0.4 is 11.2 Å². The van der Waals surface area contributed by atoms with Gasteiger partial charge in [-0.25, -0.2) is 9.78 Å². The third-order valence-corrected chi connectivity index (χ3v) is 4.33. The molecule has 2 aromatic heterocycles. The number of aromatic nitrogens is 4. The van der Waals surface area contributed by atoms with Gasteiger partial charge in [0.2, 0.25) is 0 Å². The summed E-state index contributed by atoms with van der Waals surface area (Å²) in [4.78, 5) is 30.1. The minimum atomic E-state index is -0.462. The number of imidazole rings is 1. The van der Waals surface area contributed by atoms with Gasteiger partial charge in [-0.1, -0.05) is 22.9 Å². The molecule has 0 aliphatic carbocycles. The van der Waals surface area contributed by atoms with Crippen LogP contribution in [0.15, 0.2) is 14.3 Å². The lowest BCUT2D eigenvalue weighted by Crippen LogP contribution is -2.29. The van der Waals surface area contributed by atoms with Gasteiger partial charge < -0.3 is 4.57 Å². The number of hydrogen-bond acceptors (Lipinski definition) is 3. The Hall–Kier alpha value is -0.890. The maximum atomic E-state index is 11.9. The molecule has 0 aliphatic rings. The number of H-pyrrole nitrogens is 1. The molecule has 0 amide bonds. The molecule has 0 fully saturated rings. The molecule has 6 nitrogen and oxygen atoms in total. The van der Waals surface area contributed by atoms with E-state index in [2.05, 4.69) is 41.8 Å². The SMILES string of the molecule is CC[C@@H](Br)Cn1c(Br)nc2c1c(=O)[nH]c(=O)n2C. The second kappa shape index (κ2) is 5.00. The third kappa shape index (κ3) is 2.18. The topological polar surface area (TPSA) is 72.7 Å². The molecule has 2 rings (SSSR count). The molecule has 1 N–H and O–H groups in total. The fourth-order valence-corrected chi connectivity index (χ4v) is 2.48. The summed E-state index contributed by atoms with van der Waals surface area (Å²) < 4.78 is 3.63. The highest BCUT2D eigenvalue weighted by Crippen LogP contribution is 2.19. The molecule has 18 heavy (non-hydrogen) atoms. The Morgan fingerprint density at radius 1 is 1.44 bits per heavy atom. The fourth-order valence-electron chi connectivity index (χ4n) is 1.70. The largest absolute Gasteiger partial charge is 0.329 e. The van der Waals surface area contributed by atoms with Gasteiger partial charge in [0.25, 0.3) is 5.56 Å². The number of alkyl halides is 1. The molecule has 8 heteroatoms. The van der Waals surface area contributed by atoms with Crippen LogP contribution in [0.1, 0.15) is 13.3 Å². The molecule has 98 valence electrons. The molecule has 1 atom stereocenters. The van der Waals surface area contributed by atoms with E-state index in [1.165, 1.54) is 4.57 Å². The van der Waals surface area contributed by atoms with Crippen molar-refractivity contribution in [3.63, 3.8) is 0 Å². The number of rotatable bonds is 3. The van der Waals surface area contributed by atoms with Gasteiger partial charge in [0.05, 0.1) is 0 Å². The van der Waals surface area contributed by atoms with Crippen molar-refractivity contribution in [1.82, 2.24) is 19.1 Å². The molecule has 0 spiro atoms. The number of halogens is 2. The molecule has 2 heterocycles. The van der Waals surface area contributed by atoms with E-state index in [-0.39, 0.29) is 4.83 Å². The molecule has 0 saturated heterocycles. The van der Waals surface area contributed by atoms with Gasteiger partial charge in [-0.05, 0) is 22.4 Å². The van der Waals surface area contributed by atoms with Gasteiger partial charge in [-0.15, -0.1) is 0 Å². The number of aryl methyl sites for hydroxylation is 1. The molecule has 0 bridgehead atoms. The standard InChI is InChI=1S/C10H12Br2N4O2/c1-3-5(11)4-16-6-7(13-9(16)12)15(2)10(18)14-8(6)17/h5H,3-4H2,1-2H3,(H,14,17,18)/t5-/m1/s1. The van der Waals surface area contributed by atoms with E-state index in [4.69, 9.17) is 0 Å². The zero-order valence-corrected chi connectivity index (χ0v) is 13.1. The van der Waals surface area contributed by atoms with Crippen molar-refractivity contribution < 1.29 is 0 Å². The van der Waals surface area contributed by atoms with Crippen molar-refractivity contribution in [2.24, 2.45) is 7.05 Å². The monoisotopic (exact) mass is 378 g/mol. The summed E-state index contributed by atoms with van der Waals surface area (Å²) in [5, 5.41) is 0. The van der Waals surface area contributed by atoms with Crippen molar-refractivity contribution in [3.05, 3.63) is 25.6 Å². The van der Waals surface area contributed by atoms with E-state index in [0.29, 0.717) is 22.4 Å². The molecule has 0 radical (unpaired) electrons. The number of nitrogens with zero attached hydrogens (tertiary/aromatic N) is 3. The van der Waals surface area contributed by atoms with Crippen molar-refractivity contribution in [2.45, 2.75) is 24.7 Å². The van der Waals surface area contributed by atoms with Gasteiger partial charge in [-0.3, -0.25) is 14.3 Å². The number of hydrogen-bond donors (Lipinski definition) is 1. The maximum absolute atomic E-state index is 11.9. The lowest BCUT2D eigenvalue weighted by atomic mass is 10.3. The van der Waals surface area contributed by atoms with Gasteiger partial charge in [-0.2, -0.15) is 0 Å². The highest BCUT2D eigenvalue weighted by molar-refractivity contribution is 9.10. The Balaban J connectivity index is 2.75. The van der Waals surface area contributed by atoms with E-state index in [9.17, 15) is 9.59 Å². The minimum Gasteiger partial charge on any atom is -0.312 e. The summed E-state index contributed by atoms with van der Waals surface area (Å²) in [6.45, 7) is 2.65. The van der Waals surface area contributed by atoms with E-state index >= 15 is 0 Å².